The van der Waals surface area contributed by atoms with Gasteiger partial charge in [-0.25, -0.2) is 0 Å². The van der Waals surface area contributed by atoms with Crippen LogP contribution >= 0.6 is 0 Å². The molecule has 0 aliphatic heterocycles. The van der Waals surface area contributed by atoms with Crippen molar-refractivity contribution in [3.8, 4) is 0 Å². The Hall–Kier alpha value is -2.99. The number of hydrogen-bond donors (Lipinski definition) is 2. The highest BCUT2D eigenvalue weighted by molar-refractivity contribution is 5.68. The first kappa shape index (κ1) is 20.7. The van der Waals surface area contributed by atoms with Gasteiger partial charge in [0.2, 0.25) is 0 Å². The van der Waals surface area contributed by atoms with Gasteiger partial charge in [-0.1, -0.05) is 91.0 Å². The molecule has 0 spiro atoms. The lowest BCUT2D eigenvalue weighted by Gasteiger charge is -2.37. The first-order valence-corrected chi connectivity index (χ1v) is 9.59. The second-order valence-corrected chi connectivity index (χ2v) is 6.71. The number of nitrogens with zero attached hydrogens (tertiary/aromatic N) is 1. The first-order chi connectivity index (χ1) is 14.2. The van der Waals surface area contributed by atoms with E-state index in [-0.39, 0.29) is 6.54 Å². The summed E-state index contributed by atoms with van der Waals surface area (Å²) in [5, 5.41) is 14.2. The maximum absolute atomic E-state index is 11.1. The average Bonchev–Trinajstić information content (AvgIpc) is 2.77. The number of rotatable bonds is 10. The van der Waals surface area contributed by atoms with Crippen LogP contribution in [0.1, 0.15) is 16.7 Å². The van der Waals surface area contributed by atoms with Crippen molar-refractivity contribution in [2.75, 3.05) is 26.7 Å². The topological polar surface area (TPSA) is 61.8 Å². The molecular formula is C24H26N2O3. The number of hydroxylamine groups is 2. The molecule has 0 heterocycles. The molecule has 0 amide bonds. The molecule has 3 rings (SSSR count). The SMILES string of the molecule is CON(CCNC(c1ccccc1)(c1ccccc1)c1ccccc1)CC(=O)O. The van der Waals surface area contributed by atoms with Gasteiger partial charge in [-0.2, -0.15) is 5.06 Å². The molecule has 5 nitrogen and oxygen atoms in total. The van der Waals surface area contributed by atoms with Gasteiger partial charge in [0.05, 0.1) is 12.6 Å². The fourth-order valence-electron chi connectivity index (χ4n) is 3.62. The summed E-state index contributed by atoms with van der Waals surface area (Å²) >= 11 is 0. The van der Waals surface area contributed by atoms with Crippen molar-refractivity contribution in [2.24, 2.45) is 0 Å². The van der Waals surface area contributed by atoms with E-state index in [4.69, 9.17) is 9.94 Å². The van der Waals surface area contributed by atoms with Crippen molar-refractivity contribution in [3.05, 3.63) is 108 Å². The molecular weight excluding hydrogens is 364 g/mol. The van der Waals surface area contributed by atoms with Crippen molar-refractivity contribution in [1.82, 2.24) is 10.4 Å². The van der Waals surface area contributed by atoms with E-state index in [0.717, 1.165) is 16.7 Å². The van der Waals surface area contributed by atoms with Crippen molar-refractivity contribution < 1.29 is 14.7 Å². The van der Waals surface area contributed by atoms with E-state index >= 15 is 0 Å². The van der Waals surface area contributed by atoms with Crippen molar-refractivity contribution in [1.29, 1.82) is 0 Å². The van der Waals surface area contributed by atoms with E-state index in [1.807, 2.05) is 54.6 Å². The van der Waals surface area contributed by atoms with Crippen LogP contribution in [0.2, 0.25) is 0 Å². The molecule has 29 heavy (non-hydrogen) atoms. The summed E-state index contributed by atoms with van der Waals surface area (Å²) in [6, 6.07) is 30.9. The maximum atomic E-state index is 11.1. The Balaban J connectivity index is 2.02. The lowest BCUT2D eigenvalue weighted by atomic mass is 9.77. The molecule has 0 unspecified atom stereocenters. The zero-order valence-electron chi connectivity index (χ0n) is 16.5. The highest BCUT2D eigenvalue weighted by Crippen LogP contribution is 2.36. The van der Waals surface area contributed by atoms with Crippen LogP contribution in [0.3, 0.4) is 0 Å². The number of nitrogens with one attached hydrogen (secondary N) is 1. The predicted octanol–water partition coefficient (Wildman–Crippen LogP) is 3.52. The number of carboxylic acid groups (broad SMARTS) is 1. The first-order valence-electron chi connectivity index (χ1n) is 9.59. The third-order valence-electron chi connectivity index (χ3n) is 4.94. The van der Waals surface area contributed by atoms with Crippen LogP contribution in [0.15, 0.2) is 91.0 Å². The standard InChI is InChI=1S/C24H26N2O3/c1-29-26(19-23(27)28)18-17-25-24(20-11-5-2-6-12-20,21-13-7-3-8-14-21)22-15-9-4-10-16-22/h2-16,25H,17-19H2,1H3,(H,27,28). The van der Waals surface area contributed by atoms with Gasteiger partial charge in [0, 0.05) is 13.1 Å². The molecule has 0 saturated carbocycles. The normalized spacial score (nSPS) is 11.5. The predicted molar refractivity (Wildman–Crippen MR) is 113 cm³/mol. The van der Waals surface area contributed by atoms with Crippen molar-refractivity contribution in [3.63, 3.8) is 0 Å². The van der Waals surface area contributed by atoms with Crippen LogP contribution in [0.25, 0.3) is 0 Å². The highest BCUT2D eigenvalue weighted by atomic mass is 16.7. The highest BCUT2D eigenvalue weighted by Gasteiger charge is 2.35. The summed E-state index contributed by atoms with van der Waals surface area (Å²) in [5.74, 6) is -0.924. The number of aliphatic carboxylic acids is 1. The van der Waals surface area contributed by atoms with Gasteiger partial charge in [0.15, 0.2) is 0 Å². The van der Waals surface area contributed by atoms with E-state index in [1.54, 1.807) is 0 Å². The van der Waals surface area contributed by atoms with Gasteiger partial charge in [-0.3, -0.25) is 10.1 Å². The molecule has 5 heteroatoms. The molecule has 0 fully saturated rings. The van der Waals surface area contributed by atoms with Gasteiger partial charge in [-0.15, -0.1) is 0 Å². The Labute approximate surface area is 171 Å². The zero-order valence-corrected chi connectivity index (χ0v) is 16.5. The summed E-state index contributed by atoms with van der Waals surface area (Å²) in [4.78, 5) is 16.3. The second-order valence-electron chi connectivity index (χ2n) is 6.71. The minimum absolute atomic E-state index is 0.173. The van der Waals surface area contributed by atoms with Crippen LogP contribution in [-0.2, 0) is 15.2 Å². The van der Waals surface area contributed by atoms with Crippen LogP contribution in [0.5, 0.6) is 0 Å². The minimum atomic E-state index is -0.924. The quantitative estimate of drug-likeness (QED) is 0.410. The number of benzene rings is 3. The van der Waals surface area contributed by atoms with Gasteiger partial charge in [0.1, 0.15) is 6.54 Å². The molecule has 0 aliphatic carbocycles. The molecule has 3 aromatic rings. The average molecular weight is 390 g/mol. The van der Waals surface area contributed by atoms with Crippen molar-refractivity contribution >= 4 is 5.97 Å². The fourth-order valence-corrected chi connectivity index (χ4v) is 3.62. The van der Waals surface area contributed by atoms with E-state index in [1.165, 1.54) is 12.2 Å². The van der Waals surface area contributed by atoms with E-state index in [0.29, 0.717) is 13.1 Å². The molecule has 2 N–H and O–H groups in total. The Morgan fingerprint density at radius 3 is 1.62 bits per heavy atom. The Morgan fingerprint density at radius 1 is 0.862 bits per heavy atom. The molecule has 0 atom stereocenters. The summed E-state index contributed by atoms with van der Waals surface area (Å²) in [6.45, 7) is 0.782. The molecule has 0 saturated heterocycles. The molecule has 150 valence electrons. The lowest BCUT2D eigenvalue weighted by Crippen LogP contribution is -2.47. The van der Waals surface area contributed by atoms with Crippen molar-refractivity contribution in [2.45, 2.75) is 5.54 Å². The molecule has 0 radical (unpaired) electrons. The largest absolute Gasteiger partial charge is 0.480 e. The molecule has 0 aliphatic rings. The Kier molecular flexibility index (Phi) is 7.14. The lowest BCUT2D eigenvalue weighted by molar-refractivity contribution is -0.163. The van der Waals surface area contributed by atoms with Crippen LogP contribution < -0.4 is 5.32 Å². The third-order valence-corrected chi connectivity index (χ3v) is 4.94. The van der Waals surface area contributed by atoms with Crippen LogP contribution in [0.4, 0.5) is 0 Å². The monoisotopic (exact) mass is 390 g/mol. The van der Waals surface area contributed by atoms with Gasteiger partial charge < -0.3 is 9.94 Å². The van der Waals surface area contributed by atoms with E-state index < -0.39 is 11.5 Å². The number of carboxylic acids is 1. The summed E-state index contributed by atoms with van der Waals surface area (Å²) in [5.41, 5.74) is 2.76. The van der Waals surface area contributed by atoms with Gasteiger partial charge >= 0.3 is 5.97 Å². The van der Waals surface area contributed by atoms with Crippen LogP contribution in [0, 0.1) is 0 Å². The number of carbonyl (C=O) groups is 1. The second kappa shape index (κ2) is 9.98. The summed E-state index contributed by atoms with van der Waals surface area (Å²) in [7, 11) is 1.49. The Morgan fingerprint density at radius 2 is 1.28 bits per heavy atom. The molecule has 0 aromatic heterocycles. The molecule has 3 aromatic carbocycles. The zero-order chi connectivity index (χ0) is 20.5. The van der Waals surface area contributed by atoms with Gasteiger partial charge in [0.25, 0.3) is 0 Å². The van der Waals surface area contributed by atoms with E-state index in [9.17, 15) is 4.79 Å². The molecule has 0 bridgehead atoms. The smallest absolute Gasteiger partial charge is 0.320 e. The fraction of sp³-hybridized carbons (Fsp3) is 0.208. The van der Waals surface area contributed by atoms with Gasteiger partial charge in [-0.05, 0) is 16.7 Å². The summed E-state index contributed by atoms with van der Waals surface area (Å²) < 4.78 is 0. The Bertz CT molecular complexity index is 789. The number of hydrogen-bond acceptors (Lipinski definition) is 4. The van der Waals surface area contributed by atoms with E-state index in [2.05, 4.69) is 41.7 Å². The summed E-state index contributed by atoms with van der Waals surface area (Å²) in [6.07, 6.45) is 0. The van der Waals surface area contributed by atoms with Crippen LogP contribution in [-0.4, -0.2) is 42.9 Å². The third kappa shape index (κ3) is 4.90. The maximum Gasteiger partial charge on any atom is 0.320 e. The minimum Gasteiger partial charge on any atom is -0.480 e.